The molecule has 0 bridgehead atoms. The van der Waals surface area contributed by atoms with E-state index in [9.17, 15) is 4.39 Å². The van der Waals surface area contributed by atoms with Crippen LogP contribution in [-0.4, -0.2) is 9.55 Å². The molecule has 0 atom stereocenters. The maximum atomic E-state index is 13.1. The van der Waals surface area contributed by atoms with E-state index in [0.717, 1.165) is 16.8 Å². The van der Waals surface area contributed by atoms with Gasteiger partial charge in [0.1, 0.15) is 5.82 Å². The highest BCUT2D eigenvalue weighted by atomic mass is 19.1. The number of nitrogens with zero attached hydrogens (tertiary/aromatic N) is 2. The summed E-state index contributed by atoms with van der Waals surface area (Å²) in [5, 5.41) is 2.44. The summed E-state index contributed by atoms with van der Waals surface area (Å²) in [5.41, 5.74) is 4.41. The molecule has 0 aliphatic carbocycles. The lowest BCUT2D eigenvalue weighted by Crippen LogP contribution is -2.01. The van der Waals surface area contributed by atoms with Crippen LogP contribution >= 0.6 is 0 Å². The largest absolute Gasteiger partial charge is 0.334 e. The molecular formula is C19H15FN2. The Hall–Kier alpha value is -2.68. The molecule has 3 heteroatoms. The molecule has 0 amide bonds. The number of benzene rings is 2. The Morgan fingerprint density at radius 1 is 0.955 bits per heavy atom. The van der Waals surface area contributed by atoms with Crippen molar-refractivity contribution in [1.29, 1.82) is 0 Å². The quantitative estimate of drug-likeness (QED) is 0.524. The fourth-order valence-electron chi connectivity index (χ4n) is 3.11. The summed E-state index contributed by atoms with van der Waals surface area (Å²) < 4.78 is 15.4. The van der Waals surface area contributed by atoms with Crippen molar-refractivity contribution in [1.82, 2.24) is 9.55 Å². The minimum absolute atomic E-state index is 0.205. The number of halogens is 1. The fraction of sp³-hybridized carbons (Fsp3) is 0.105. The van der Waals surface area contributed by atoms with E-state index in [1.807, 2.05) is 31.3 Å². The molecule has 0 unspecified atom stereocenters. The van der Waals surface area contributed by atoms with Gasteiger partial charge in [0.25, 0.3) is 0 Å². The zero-order valence-electron chi connectivity index (χ0n) is 12.3. The summed E-state index contributed by atoms with van der Waals surface area (Å²) in [7, 11) is 0. The Morgan fingerprint density at radius 2 is 1.73 bits per heavy atom. The molecule has 0 saturated carbocycles. The molecule has 0 radical (unpaired) electrons. The number of para-hydroxylation sites is 1. The van der Waals surface area contributed by atoms with Crippen LogP contribution in [0, 0.1) is 12.7 Å². The van der Waals surface area contributed by atoms with Crippen LogP contribution in [0.4, 0.5) is 4.39 Å². The monoisotopic (exact) mass is 290 g/mol. The molecule has 4 rings (SSSR count). The topological polar surface area (TPSA) is 17.8 Å². The normalized spacial score (nSPS) is 11.4. The van der Waals surface area contributed by atoms with Gasteiger partial charge in [-0.05, 0) is 36.8 Å². The van der Waals surface area contributed by atoms with Crippen LogP contribution < -0.4 is 0 Å². The smallest absolute Gasteiger partial charge is 0.123 e. The number of aromatic nitrogens is 2. The lowest BCUT2D eigenvalue weighted by molar-refractivity contribution is 0.626. The molecule has 0 saturated heterocycles. The summed E-state index contributed by atoms with van der Waals surface area (Å²) in [6.07, 6.45) is 1.85. The molecule has 22 heavy (non-hydrogen) atoms. The highest BCUT2D eigenvalue weighted by Gasteiger charge is 2.12. The van der Waals surface area contributed by atoms with E-state index in [-0.39, 0.29) is 5.82 Å². The van der Waals surface area contributed by atoms with Gasteiger partial charge in [-0.1, -0.05) is 30.3 Å². The number of rotatable bonds is 2. The van der Waals surface area contributed by atoms with E-state index in [4.69, 9.17) is 0 Å². The van der Waals surface area contributed by atoms with Gasteiger partial charge >= 0.3 is 0 Å². The predicted molar refractivity (Wildman–Crippen MR) is 87.5 cm³/mol. The molecule has 0 fully saturated rings. The first-order valence-corrected chi connectivity index (χ1v) is 7.31. The highest BCUT2D eigenvalue weighted by molar-refractivity contribution is 6.08. The first kappa shape index (κ1) is 13.0. The Labute approximate surface area is 127 Å². The van der Waals surface area contributed by atoms with Crippen LogP contribution in [0.15, 0.2) is 60.8 Å². The van der Waals surface area contributed by atoms with Gasteiger partial charge in [-0.25, -0.2) is 4.39 Å². The van der Waals surface area contributed by atoms with E-state index >= 15 is 0 Å². The van der Waals surface area contributed by atoms with Crippen LogP contribution in [-0.2, 0) is 6.54 Å². The standard InChI is InChI=1S/C19H15FN2/c1-13-19-17(10-11-21-13)16-4-2-3-5-18(16)22(19)12-14-6-8-15(20)9-7-14/h2-11H,12H2,1H3. The molecule has 0 N–H and O–H groups in total. The van der Waals surface area contributed by atoms with Crippen molar-refractivity contribution in [3.8, 4) is 0 Å². The highest BCUT2D eigenvalue weighted by Crippen LogP contribution is 2.30. The maximum Gasteiger partial charge on any atom is 0.123 e. The van der Waals surface area contributed by atoms with Crippen molar-refractivity contribution in [2.75, 3.05) is 0 Å². The first-order valence-electron chi connectivity index (χ1n) is 7.31. The van der Waals surface area contributed by atoms with Gasteiger partial charge in [-0.2, -0.15) is 0 Å². The Balaban J connectivity index is 1.99. The van der Waals surface area contributed by atoms with E-state index in [0.29, 0.717) is 6.54 Å². The summed E-state index contributed by atoms with van der Waals surface area (Å²) in [6.45, 7) is 2.74. The van der Waals surface area contributed by atoms with Crippen LogP contribution in [0.5, 0.6) is 0 Å². The average molecular weight is 290 g/mol. The third kappa shape index (κ3) is 1.98. The van der Waals surface area contributed by atoms with Gasteiger partial charge in [0, 0.05) is 29.0 Å². The molecule has 0 spiro atoms. The lowest BCUT2D eigenvalue weighted by atomic mass is 10.2. The third-order valence-electron chi connectivity index (χ3n) is 4.12. The van der Waals surface area contributed by atoms with Gasteiger partial charge < -0.3 is 4.57 Å². The minimum Gasteiger partial charge on any atom is -0.334 e. The molecule has 2 aromatic heterocycles. The summed E-state index contributed by atoms with van der Waals surface area (Å²) >= 11 is 0. The summed E-state index contributed by atoms with van der Waals surface area (Å²) in [4.78, 5) is 4.44. The second kappa shape index (κ2) is 4.95. The molecular weight excluding hydrogens is 275 g/mol. The Morgan fingerprint density at radius 3 is 2.55 bits per heavy atom. The van der Waals surface area contributed by atoms with E-state index in [2.05, 4.69) is 33.8 Å². The van der Waals surface area contributed by atoms with Gasteiger partial charge in [-0.3, -0.25) is 4.98 Å². The van der Waals surface area contributed by atoms with E-state index in [1.165, 1.54) is 28.4 Å². The Bertz CT molecular complexity index is 968. The number of hydrogen-bond donors (Lipinski definition) is 0. The summed E-state index contributed by atoms with van der Waals surface area (Å²) in [6, 6.07) is 17.1. The second-order valence-electron chi connectivity index (χ2n) is 5.52. The van der Waals surface area contributed by atoms with Gasteiger partial charge in [0.15, 0.2) is 0 Å². The number of pyridine rings is 1. The summed E-state index contributed by atoms with van der Waals surface area (Å²) in [5.74, 6) is -0.205. The Kier molecular flexibility index (Phi) is 2.93. The van der Waals surface area contributed by atoms with Crippen LogP contribution in [0.2, 0.25) is 0 Å². The van der Waals surface area contributed by atoms with Gasteiger partial charge in [0.2, 0.25) is 0 Å². The van der Waals surface area contributed by atoms with Crippen LogP contribution in [0.1, 0.15) is 11.3 Å². The number of aryl methyl sites for hydroxylation is 1. The second-order valence-corrected chi connectivity index (χ2v) is 5.52. The van der Waals surface area contributed by atoms with Crippen molar-refractivity contribution >= 4 is 21.8 Å². The molecule has 108 valence electrons. The van der Waals surface area contributed by atoms with E-state index in [1.54, 1.807) is 0 Å². The van der Waals surface area contributed by atoms with Crippen LogP contribution in [0.3, 0.4) is 0 Å². The average Bonchev–Trinajstić information content (AvgIpc) is 2.86. The zero-order chi connectivity index (χ0) is 15.1. The molecule has 0 aliphatic rings. The maximum absolute atomic E-state index is 13.1. The molecule has 2 aromatic carbocycles. The first-order chi connectivity index (χ1) is 10.7. The van der Waals surface area contributed by atoms with E-state index < -0.39 is 0 Å². The van der Waals surface area contributed by atoms with Crippen molar-refractivity contribution < 1.29 is 4.39 Å². The van der Waals surface area contributed by atoms with Crippen molar-refractivity contribution in [2.45, 2.75) is 13.5 Å². The SMILES string of the molecule is Cc1nccc2c3ccccc3n(Cc3ccc(F)cc3)c12. The molecule has 2 heterocycles. The predicted octanol–water partition coefficient (Wildman–Crippen LogP) is 4.69. The molecule has 4 aromatic rings. The van der Waals surface area contributed by atoms with Crippen LogP contribution in [0.25, 0.3) is 21.8 Å². The zero-order valence-corrected chi connectivity index (χ0v) is 12.3. The van der Waals surface area contributed by atoms with Gasteiger partial charge in [-0.15, -0.1) is 0 Å². The fourth-order valence-corrected chi connectivity index (χ4v) is 3.11. The number of hydrogen-bond acceptors (Lipinski definition) is 1. The lowest BCUT2D eigenvalue weighted by Gasteiger charge is -2.09. The minimum atomic E-state index is -0.205. The van der Waals surface area contributed by atoms with Crippen molar-refractivity contribution in [3.05, 3.63) is 77.9 Å². The molecule has 0 aliphatic heterocycles. The van der Waals surface area contributed by atoms with Crippen molar-refractivity contribution in [2.24, 2.45) is 0 Å². The van der Waals surface area contributed by atoms with Crippen molar-refractivity contribution in [3.63, 3.8) is 0 Å². The van der Waals surface area contributed by atoms with Gasteiger partial charge in [0.05, 0.1) is 11.2 Å². The number of fused-ring (bicyclic) bond motifs is 3. The third-order valence-corrected chi connectivity index (χ3v) is 4.12. The molecule has 2 nitrogen and oxygen atoms in total.